The molecule has 1 fully saturated rings. The van der Waals surface area contributed by atoms with Crippen LogP contribution in [0.5, 0.6) is 0 Å². The first-order chi connectivity index (χ1) is 10.1. The van der Waals surface area contributed by atoms with Crippen molar-refractivity contribution in [3.63, 3.8) is 0 Å². The molecule has 1 heterocycles. The van der Waals surface area contributed by atoms with Crippen molar-refractivity contribution < 1.29 is 0 Å². The fraction of sp³-hybridized carbons (Fsp3) is 0.684. The Morgan fingerprint density at radius 3 is 2.57 bits per heavy atom. The van der Waals surface area contributed by atoms with Gasteiger partial charge in [0.25, 0.3) is 0 Å². The van der Waals surface area contributed by atoms with Crippen molar-refractivity contribution in [2.24, 2.45) is 5.92 Å². The molecule has 0 spiro atoms. The van der Waals surface area contributed by atoms with Crippen molar-refractivity contribution in [3.05, 3.63) is 35.4 Å². The van der Waals surface area contributed by atoms with E-state index in [0.717, 1.165) is 31.7 Å². The van der Waals surface area contributed by atoms with Gasteiger partial charge in [0.1, 0.15) is 0 Å². The molecule has 0 bridgehead atoms. The van der Waals surface area contributed by atoms with Gasteiger partial charge in [0.2, 0.25) is 0 Å². The molecule has 118 valence electrons. The summed E-state index contributed by atoms with van der Waals surface area (Å²) in [6.07, 6.45) is 4.00. The first-order valence-electron chi connectivity index (χ1n) is 8.65. The lowest BCUT2D eigenvalue weighted by atomic mass is 10.1. The second kappa shape index (κ2) is 7.95. The van der Waals surface area contributed by atoms with Crippen molar-refractivity contribution in [1.82, 2.24) is 10.2 Å². The molecular formula is C19H32N2. The van der Waals surface area contributed by atoms with Crippen LogP contribution in [-0.4, -0.2) is 23.5 Å². The van der Waals surface area contributed by atoms with Gasteiger partial charge in [-0.05, 0) is 49.8 Å². The minimum Gasteiger partial charge on any atom is -0.312 e. The quantitative estimate of drug-likeness (QED) is 0.809. The predicted molar refractivity (Wildman–Crippen MR) is 91.3 cm³/mol. The van der Waals surface area contributed by atoms with Crippen LogP contribution in [0.3, 0.4) is 0 Å². The zero-order valence-electron chi connectivity index (χ0n) is 14.2. The first kappa shape index (κ1) is 16.5. The summed E-state index contributed by atoms with van der Waals surface area (Å²) in [7, 11) is 0. The minimum atomic E-state index is 0.709. The van der Waals surface area contributed by atoms with E-state index in [2.05, 4.69) is 62.2 Å². The summed E-state index contributed by atoms with van der Waals surface area (Å²) in [5.41, 5.74) is 2.97. The van der Waals surface area contributed by atoms with Crippen LogP contribution in [0.15, 0.2) is 24.3 Å². The van der Waals surface area contributed by atoms with Crippen molar-refractivity contribution in [1.29, 1.82) is 0 Å². The van der Waals surface area contributed by atoms with Crippen LogP contribution in [0, 0.1) is 5.92 Å². The predicted octanol–water partition coefficient (Wildman–Crippen LogP) is 4.20. The maximum absolute atomic E-state index is 3.58. The maximum Gasteiger partial charge on any atom is 0.0242 e. The Morgan fingerprint density at radius 1 is 1.19 bits per heavy atom. The van der Waals surface area contributed by atoms with Crippen LogP contribution in [0.25, 0.3) is 0 Å². The molecule has 2 atom stereocenters. The highest BCUT2D eigenvalue weighted by atomic mass is 15.2. The molecule has 21 heavy (non-hydrogen) atoms. The van der Waals surface area contributed by atoms with Gasteiger partial charge in [-0.15, -0.1) is 0 Å². The molecule has 1 aliphatic heterocycles. The molecule has 0 saturated carbocycles. The zero-order chi connectivity index (χ0) is 15.2. The van der Waals surface area contributed by atoms with Crippen LogP contribution in [-0.2, 0) is 13.1 Å². The number of hydrogen-bond acceptors (Lipinski definition) is 2. The average Bonchev–Trinajstić information content (AvgIpc) is 2.81. The summed E-state index contributed by atoms with van der Waals surface area (Å²) >= 11 is 0. The SMILES string of the molecule is CCC1CCC(C)N1Cc1ccccc1CNCC(C)C. The van der Waals surface area contributed by atoms with Gasteiger partial charge in [0.15, 0.2) is 0 Å². The molecule has 2 nitrogen and oxygen atoms in total. The van der Waals surface area contributed by atoms with Crippen LogP contribution in [0.1, 0.15) is 58.1 Å². The van der Waals surface area contributed by atoms with E-state index in [1.165, 1.54) is 30.4 Å². The number of benzene rings is 1. The lowest BCUT2D eigenvalue weighted by Gasteiger charge is -2.28. The Kier molecular flexibility index (Phi) is 6.25. The second-order valence-corrected chi connectivity index (χ2v) is 6.95. The largest absolute Gasteiger partial charge is 0.312 e. The second-order valence-electron chi connectivity index (χ2n) is 6.95. The van der Waals surface area contributed by atoms with E-state index < -0.39 is 0 Å². The van der Waals surface area contributed by atoms with E-state index in [-0.39, 0.29) is 0 Å². The first-order valence-corrected chi connectivity index (χ1v) is 8.65. The van der Waals surface area contributed by atoms with E-state index in [1.54, 1.807) is 0 Å². The molecule has 0 aromatic heterocycles. The van der Waals surface area contributed by atoms with E-state index in [4.69, 9.17) is 0 Å². The lowest BCUT2D eigenvalue weighted by molar-refractivity contribution is 0.189. The van der Waals surface area contributed by atoms with Crippen LogP contribution in [0.4, 0.5) is 0 Å². The minimum absolute atomic E-state index is 0.709. The van der Waals surface area contributed by atoms with Gasteiger partial charge in [0, 0.05) is 25.2 Å². The molecule has 1 aliphatic rings. The molecule has 1 saturated heterocycles. The molecule has 1 N–H and O–H groups in total. The van der Waals surface area contributed by atoms with E-state index in [0.29, 0.717) is 5.92 Å². The smallest absolute Gasteiger partial charge is 0.0242 e. The Morgan fingerprint density at radius 2 is 1.90 bits per heavy atom. The highest BCUT2D eigenvalue weighted by Gasteiger charge is 2.29. The molecule has 2 rings (SSSR count). The van der Waals surface area contributed by atoms with Gasteiger partial charge in [-0.3, -0.25) is 4.90 Å². The third kappa shape index (κ3) is 4.55. The van der Waals surface area contributed by atoms with E-state index >= 15 is 0 Å². The fourth-order valence-electron chi connectivity index (χ4n) is 3.43. The van der Waals surface area contributed by atoms with E-state index in [9.17, 15) is 0 Å². The summed E-state index contributed by atoms with van der Waals surface area (Å²) in [6, 6.07) is 10.4. The Bertz CT molecular complexity index is 427. The zero-order valence-corrected chi connectivity index (χ0v) is 14.2. The van der Waals surface area contributed by atoms with Crippen LogP contribution >= 0.6 is 0 Å². The summed E-state index contributed by atoms with van der Waals surface area (Å²) in [4.78, 5) is 2.71. The third-order valence-corrected chi connectivity index (χ3v) is 4.76. The highest BCUT2D eigenvalue weighted by molar-refractivity contribution is 5.27. The molecule has 0 aliphatic carbocycles. The topological polar surface area (TPSA) is 15.3 Å². The standard InChI is InChI=1S/C19H32N2/c1-5-19-11-10-16(4)21(19)14-18-9-7-6-8-17(18)13-20-12-15(2)3/h6-9,15-16,19-20H,5,10-14H2,1-4H3. The maximum atomic E-state index is 3.58. The number of hydrogen-bond donors (Lipinski definition) is 1. The summed E-state index contributed by atoms with van der Waals surface area (Å²) < 4.78 is 0. The normalized spacial score (nSPS) is 23.1. The summed E-state index contributed by atoms with van der Waals surface area (Å²) in [5, 5.41) is 3.58. The summed E-state index contributed by atoms with van der Waals surface area (Å²) in [5.74, 6) is 0.709. The van der Waals surface area contributed by atoms with Gasteiger partial charge in [-0.2, -0.15) is 0 Å². The lowest BCUT2D eigenvalue weighted by Crippen LogP contribution is -2.34. The number of nitrogens with one attached hydrogen (secondary N) is 1. The van der Waals surface area contributed by atoms with Gasteiger partial charge in [0.05, 0.1) is 0 Å². The molecule has 2 heteroatoms. The van der Waals surface area contributed by atoms with Crippen molar-refractivity contribution in [2.75, 3.05) is 6.54 Å². The van der Waals surface area contributed by atoms with Gasteiger partial charge in [-0.1, -0.05) is 45.0 Å². The van der Waals surface area contributed by atoms with Crippen molar-refractivity contribution >= 4 is 0 Å². The molecular weight excluding hydrogens is 256 g/mol. The van der Waals surface area contributed by atoms with Crippen molar-refractivity contribution in [2.45, 2.75) is 72.1 Å². The monoisotopic (exact) mass is 288 g/mol. The molecule has 0 radical (unpaired) electrons. The number of rotatable bonds is 7. The fourth-order valence-corrected chi connectivity index (χ4v) is 3.43. The van der Waals surface area contributed by atoms with E-state index in [1.807, 2.05) is 0 Å². The molecule has 1 aromatic carbocycles. The van der Waals surface area contributed by atoms with Gasteiger partial charge >= 0.3 is 0 Å². The Balaban J connectivity index is 2.02. The number of likely N-dealkylation sites (tertiary alicyclic amines) is 1. The van der Waals surface area contributed by atoms with Crippen molar-refractivity contribution in [3.8, 4) is 0 Å². The average molecular weight is 288 g/mol. The molecule has 1 aromatic rings. The highest BCUT2D eigenvalue weighted by Crippen LogP contribution is 2.28. The third-order valence-electron chi connectivity index (χ3n) is 4.76. The van der Waals surface area contributed by atoms with Crippen LogP contribution < -0.4 is 5.32 Å². The molecule has 2 unspecified atom stereocenters. The Hall–Kier alpha value is -0.860. The van der Waals surface area contributed by atoms with Crippen LogP contribution in [0.2, 0.25) is 0 Å². The number of nitrogens with zero attached hydrogens (tertiary/aromatic N) is 1. The van der Waals surface area contributed by atoms with Gasteiger partial charge in [-0.25, -0.2) is 0 Å². The Labute approximate surface area is 130 Å². The molecule has 0 amide bonds. The van der Waals surface area contributed by atoms with Gasteiger partial charge < -0.3 is 5.32 Å². The summed E-state index contributed by atoms with van der Waals surface area (Å²) in [6.45, 7) is 12.4.